The molecule has 1 N–H and O–H groups in total. The number of carbonyl (C=O) groups excluding carboxylic acids is 1. The van der Waals surface area contributed by atoms with Crippen molar-refractivity contribution in [2.24, 2.45) is 0 Å². The minimum atomic E-state index is -0.368. The highest BCUT2D eigenvalue weighted by molar-refractivity contribution is 8.00. The first-order valence-corrected chi connectivity index (χ1v) is 10.7. The number of benzene rings is 1. The Morgan fingerprint density at radius 2 is 2.07 bits per heavy atom. The van der Waals surface area contributed by atoms with Gasteiger partial charge in [-0.15, -0.1) is 21.5 Å². The summed E-state index contributed by atoms with van der Waals surface area (Å²) in [5.74, 6) is 1.01. The summed E-state index contributed by atoms with van der Waals surface area (Å²) in [4.78, 5) is 13.2. The molecule has 4 rings (SSSR count). The standard InChI is InChI=1S/C18H14N4O2S3/c1-11-4-6-12(7-5-11)10-26-18-21-20-17(27-18)19-16(23)13-9-14(24-22-13)15-3-2-8-25-15/h2-9H,10H2,1H3,(H,19,20,23). The number of thiophene rings is 1. The van der Waals surface area contributed by atoms with Gasteiger partial charge in [-0.1, -0.05) is 64.2 Å². The summed E-state index contributed by atoms with van der Waals surface area (Å²) in [7, 11) is 0. The van der Waals surface area contributed by atoms with Crippen molar-refractivity contribution in [2.75, 3.05) is 5.32 Å². The van der Waals surface area contributed by atoms with Gasteiger partial charge in [0, 0.05) is 11.8 Å². The fourth-order valence-corrected chi connectivity index (χ4v) is 4.60. The lowest BCUT2D eigenvalue weighted by molar-refractivity contribution is 0.101. The molecule has 0 saturated heterocycles. The lowest BCUT2D eigenvalue weighted by Gasteiger charge is -1.99. The zero-order chi connectivity index (χ0) is 18.6. The van der Waals surface area contributed by atoms with Crippen LogP contribution in [-0.2, 0) is 5.75 Å². The maximum absolute atomic E-state index is 12.3. The molecule has 136 valence electrons. The van der Waals surface area contributed by atoms with Crippen LogP contribution in [0.4, 0.5) is 5.13 Å². The highest BCUT2D eigenvalue weighted by Gasteiger charge is 2.16. The molecule has 0 bridgehead atoms. The average Bonchev–Trinajstić information content (AvgIpc) is 3.42. The second-order valence-corrected chi connectivity index (χ2v) is 8.80. The van der Waals surface area contributed by atoms with Gasteiger partial charge >= 0.3 is 0 Å². The van der Waals surface area contributed by atoms with Crippen LogP contribution in [-0.4, -0.2) is 21.3 Å². The van der Waals surface area contributed by atoms with E-state index >= 15 is 0 Å². The van der Waals surface area contributed by atoms with Gasteiger partial charge in [0.1, 0.15) is 0 Å². The molecular weight excluding hydrogens is 400 g/mol. The molecule has 0 atom stereocenters. The van der Waals surface area contributed by atoms with E-state index in [1.165, 1.54) is 33.8 Å². The SMILES string of the molecule is Cc1ccc(CSc2nnc(NC(=O)c3cc(-c4cccs4)on3)s2)cc1. The third-order valence-corrected chi connectivity index (χ3v) is 6.54. The summed E-state index contributed by atoms with van der Waals surface area (Å²) in [6.07, 6.45) is 0. The first kappa shape index (κ1) is 17.9. The van der Waals surface area contributed by atoms with Crippen molar-refractivity contribution in [3.05, 3.63) is 64.7 Å². The molecule has 0 aliphatic carbocycles. The number of amides is 1. The number of thioether (sulfide) groups is 1. The number of hydrogen-bond acceptors (Lipinski definition) is 8. The van der Waals surface area contributed by atoms with Crippen LogP contribution in [0, 0.1) is 6.92 Å². The molecule has 4 aromatic rings. The Morgan fingerprint density at radius 3 is 2.85 bits per heavy atom. The van der Waals surface area contributed by atoms with Crippen LogP contribution in [0.5, 0.6) is 0 Å². The van der Waals surface area contributed by atoms with E-state index in [4.69, 9.17) is 4.52 Å². The lowest BCUT2D eigenvalue weighted by atomic mass is 10.2. The molecule has 0 radical (unpaired) electrons. The molecule has 0 saturated carbocycles. The molecule has 1 amide bonds. The van der Waals surface area contributed by atoms with E-state index in [1.54, 1.807) is 17.8 Å². The lowest BCUT2D eigenvalue weighted by Crippen LogP contribution is -2.11. The van der Waals surface area contributed by atoms with E-state index in [9.17, 15) is 4.79 Å². The van der Waals surface area contributed by atoms with Crippen molar-refractivity contribution < 1.29 is 9.32 Å². The number of hydrogen-bond donors (Lipinski definition) is 1. The number of rotatable bonds is 6. The fraction of sp³-hybridized carbons (Fsp3) is 0.111. The van der Waals surface area contributed by atoms with Crippen LogP contribution in [0.3, 0.4) is 0 Å². The van der Waals surface area contributed by atoms with E-state index in [0.717, 1.165) is 15.0 Å². The molecule has 3 heterocycles. The maximum Gasteiger partial charge on any atom is 0.279 e. The number of anilines is 1. The highest BCUT2D eigenvalue weighted by Crippen LogP contribution is 2.29. The zero-order valence-electron chi connectivity index (χ0n) is 14.2. The summed E-state index contributed by atoms with van der Waals surface area (Å²) >= 11 is 4.45. The van der Waals surface area contributed by atoms with E-state index in [0.29, 0.717) is 10.9 Å². The molecule has 9 heteroatoms. The molecule has 0 unspecified atom stereocenters. The van der Waals surface area contributed by atoms with Crippen molar-refractivity contribution in [1.29, 1.82) is 0 Å². The Bertz CT molecular complexity index is 1040. The molecule has 3 aromatic heterocycles. The Balaban J connectivity index is 1.36. The third kappa shape index (κ3) is 4.44. The third-order valence-electron chi connectivity index (χ3n) is 3.62. The Hall–Kier alpha value is -2.49. The predicted molar refractivity (Wildman–Crippen MR) is 108 cm³/mol. The maximum atomic E-state index is 12.3. The predicted octanol–water partition coefficient (Wildman–Crippen LogP) is 5.11. The van der Waals surface area contributed by atoms with Gasteiger partial charge in [0.2, 0.25) is 5.13 Å². The van der Waals surface area contributed by atoms with Gasteiger partial charge in [-0.25, -0.2) is 0 Å². The van der Waals surface area contributed by atoms with Gasteiger partial charge in [0.15, 0.2) is 15.8 Å². The van der Waals surface area contributed by atoms with Crippen LogP contribution in [0.1, 0.15) is 21.6 Å². The molecule has 27 heavy (non-hydrogen) atoms. The first-order chi connectivity index (χ1) is 13.2. The monoisotopic (exact) mass is 414 g/mol. The van der Waals surface area contributed by atoms with Crippen LogP contribution >= 0.6 is 34.4 Å². The Kier molecular flexibility index (Phi) is 5.33. The summed E-state index contributed by atoms with van der Waals surface area (Å²) in [6, 6.07) is 13.8. The van der Waals surface area contributed by atoms with Gasteiger partial charge in [0.05, 0.1) is 4.88 Å². The molecular formula is C18H14N4O2S3. The quantitative estimate of drug-likeness (QED) is 0.349. The fourth-order valence-electron chi connectivity index (χ4n) is 2.23. The van der Waals surface area contributed by atoms with Crippen molar-refractivity contribution in [2.45, 2.75) is 17.0 Å². The summed E-state index contributed by atoms with van der Waals surface area (Å²) in [5, 5.41) is 17.1. The Labute approximate surface area is 167 Å². The number of carbonyl (C=O) groups is 1. The van der Waals surface area contributed by atoms with Gasteiger partial charge in [-0.3, -0.25) is 10.1 Å². The summed E-state index contributed by atoms with van der Waals surface area (Å²) in [6.45, 7) is 2.06. The highest BCUT2D eigenvalue weighted by atomic mass is 32.2. The van der Waals surface area contributed by atoms with Crippen molar-refractivity contribution >= 4 is 45.5 Å². The average molecular weight is 415 g/mol. The number of aryl methyl sites for hydroxylation is 1. The van der Waals surface area contributed by atoms with Crippen LogP contribution in [0.15, 0.2) is 56.7 Å². The summed E-state index contributed by atoms with van der Waals surface area (Å²) in [5.41, 5.74) is 2.66. The Morgan fingerprint density at radius 1 is 1.22 bits per heavy atom. The zero-order valence-corrected chi connectivity index (χ0v) is 16.7. The second kappa shape index (κ2) is 8.03. The van der Waals surface area contributed by atoms with Crippen molar-refractivity contribution in [3.8, 4) is 10.6 Å². The second-order valence-electron chi connectivity index (χ2n) is 5.66. The number of nitrogens with one attached hydrogen (secondary N) is 1. The summed E-state index contributed by atoms with van der Waals surface area (Å²) < 4.78 is 6.03. The smallest absolute Gasteiger partial charge is 0.279 e. The largest absolute Gasteiger partial charge is 0.355 e. The topological polar surface area (TPSA) is 80.9 Å². The van der Waals surface area contributed by atoms with Gasteiger partial charge in [0.25, 0.3) is 5.91 Å². The van der Waals surface area contributed by atoms with Crippen LogP contribution in [0.2, 0.25) is 0 Å². The van der Waals surface area contributed by atoms with Crippen molar-refractivity contribution in [1.82, 2.24) is 15.4 Å². The minimum absolute atomic E-state index is 0.211. The van der Waals surface area contributed by atoms with E-state index in [2.05, 4.69) is 51.9 Å². The molecule has 6 nitrogen and oxygen atoms in total. The van der Waals surface area contributed by atoms with E-state index in [-0.39, 0.29) is 11.6 Å². The molecule has 0 spiro atoms. The van der Waals surface area contributed by atoms with Gasteiger partial charge in [-0.05, 0) is 23.9 Å². The molecule has 0 aliphatic heterocycles. The van der Waals surface area contributed by atoms with Crippen LogP contribution < -0.4 is 5.32 Å². The molecule has 0 fully saturated rings. The normalized spacial score (nSPS) is 10.9. The number of aromatic nitrogens is 3. The van der Waals surface area contributed by atoms with Crippen molar-refractivity contribution in [3.63, 3.8) is 0 Å². The van der Waals surface area contributed by atoms with Gasteiger partial charge in [-0.2, -0.15) is 0 Å². The molecule has 0 aliphatic rings. The van der Waals surface area contributed by atoms with E-state index in [1.807, 2.05) is 17.5 Å². The van der Waals surface area contributed by atoms with Crippen LogP contribution in [0.25, 0.3) is 10.6 Å². The molecule has 1 aromatic carbocycles. The van der Waals surface area contributed by atoms with E-state index < -0.39 is 0 Å². The minimum Gasteiger partial charge on any atom is -0.355 e. The van der Waals surface area contributed by atoms with Gasteiger partial charge < -0.3 is 4.52 Å². The first-order valence-electron chi connectivity index (χ1n) is 8.01. The number of nitrogens with zero attached hydrogens (tertiary/aromatic N) is 3.